The summed E-state index contributed by atoms with van der Waals surface area (Å²) in [5, 5.41) is 0. The van der Waals surface area contributed by atoms with Gasteiger partial charge in [-0.1, -0.05) is 31.9 Å². The van der Waals surface area contributed by atoms with Gasteiger partial charge in [0.05, 0.1) is 5.69 Å². The number of rotatable bonds is 1. The lowest BCUT2D eigenvalue weighted by Gasteiger charge is -1.99. The van der Waals surface area contributed by atoms with Crippen LogP contribution in [0.15, 0.2) is 43.7 Å². The number of nitrogens with two attached hydrogens (primary N) is 1. The van der Waals surface area contributed by atoms with Crippen LogP contribution in [0, 0.1) is 6.92 Å². The normalized spacial score (nSPS) is 11.1. The standard InChI is InChI=1S/C14H10Br2N2O/c1-7-4-8(2-3-10(7)16)14-18-12-6-9(15)5-11(17)13(12)19-14/h2-6H,17H2,1H3. The monoisotopic (exact) mass is 380 g/mol. The van der Waals surface area contributed by atoms with E-state index >= 15 is 0 Å². The molecule has 0 unspecified atom stereocenters. The van der Waals surface area contributed by atoms with Crippen molar-refractivity contribution in [1.82, 2.24) is 4.98 Å². The molecule has 0 amide bonds. The van der Waals surface area contributed by atoms with Crippen LogP contribution in [0.4, 0.5) is 5.69 Å². The highest BCUT2D eigenvalue weighted by Crippen LogP contribution is 2.31. The number of nitrogen functional groups attached to an aromatic ring is 1. The second-order valence-corrected chi connectivity index (χ2v) is 6.10. The summed E-state index contributed by atoms with van der Waals surface area (Å²) in [6.07, 6.45) is 0. The quantitative estimate of drug-likeness (QED) is 0.609. The first-order chi connectivity index (χ1) is 9.04. The first-order valence-corrected chi connectivity index (χ1v) is 7.25. The van der Waals surface area contributed by atoms with Gasteiger partial charge in [0.1, 0.15) is 5.52 Å². The van der Waals surface area contributed by atoms with E-state index in [-0.39, 0.29) is 0 Å². The van der Waals surface area contributed by atoms with E-state index in [1.54, 1.807) is 0 Å². The van der Waals surface area contributed by atoms with Crippen molar-refractivity contribution >= 4 is 48.6 Å². The molecule has 0 spiro atoms. The molecule has 0 saturated carbocycles. The summed E-state index contributed by atoms with van der Waals surface area (Å²) < 4.78 is 7.72. The molecule has 0 aliphatic carbocycles. The molecular formula is C14H10Br2N2O. The zero-order valence-electron chi connectivity index (χ0n) is 10.1. The molecule has 0 bridgehead atoms. The van der Waals surface area contributed by atoms with E-state index in [0.717, 1.165) is 25.6 Å². The Morgan fingerprint density at radius 1 is 1.16 bits per heavy atom. The fourth-order valence-corrected chi connectivity index (χ4v) is 2.63. The molecule has 0 aliphatic heterocycles. The van der Waals surface area contributed by atoms with Gasteiger partial charge >= 0.3 is 0 Å². The van der Waals surface area contributed by atoms with Gasteiger partial charge in [-0.3, -0.25) is 0 Å². The first-order valence-electron chi connectivity index (χ1n) is 5.66. The minimum Gasteiger partial charge on any atom is -0.434 e. The van der Waals surface area contributed by atoms with Crippen LogP contribution < -0.4 is 5.73 Å². The second-order valence-electron chi connectivity index (χ2n) is 4.33. The van der Waals surface area contributed by atoms with Crippen LogP contribution in [0.1, 0.15) is 5.56 Å². The van der Waals surface area contributed by atoms with Crippen LogP contribution in [0.5, 0.6) is 0 Å². The van der Waals surface area contributed by atoms with Crippen molar-refractivity contribution in [3.05, 3.63) is 44.8 Å². The molecule has 2 aromatic carbocycles. The number of halogens is 2. The zero-order valence-corrected chi connectivity index (χ0v) is 13.2. The molecule has 0 radical (unpaired) electrons. The molecule has 5 heteroatoms. The number of aromatic nitrogens is 1. The molecule has 0 saturated heterocycles. The van der Waals surface area contributed by atoms with Crippen molar-refractivity contribution in [2.45, 2.75) is 6.92 Å². The lowest BCUT2D eigenvalue weighted by atomic mass is 10.1. The Morgan fingerprint density at radius 2 is 1.95 bits per heavy atom. The summed E-state index contributed by atoms with van der Waals surface area (Å²) in [6.45, 7) is 2.03. The van der Waals surface area contributed by atoms with Crippen LogP contribution >= 0.6 is 31.9 Å². The van der Waals surface area contributed by atoms with Crippen LogP contribution in [-0.4, -0.2) is 4.98 Å². The lowest BCUT2D eigenvalue weighted by Crippen LogP contribution is -1.84. The van der Waals surface area contributed by atoms with E-state index in [1.807, 2.05) is 37.3 Å². The molecule has 3 rings (SSSR count). The fourth-order valence-electron chi connectivity index (χ4n) is 1.92. The molecule has 0 atom stereocenters. The molecule has 3 aromatic rings. The Hall–Kier alpha value is -1.33. The Labute approximate surface area is 127 Å². The molecule has 1 aromatic heterocycles. The van der Waals surface area contributed by atoms with Gasteiger partial charge in [-0.05, 0) is 42.8 Å². The highest BCUT2D eigenvalue weighted by Gasteiger charge is 2.12. The van der Waals surface area contributed by atoms with Crippen molar-refractivity contribution in [3.63, 3.8) is 0 Å². The molecule has 0 fully saturated rings. The maximum Gasteiger partial charge on any atom is 0.227 e. The predicted octanol–water partition coefficient (Wildman–Crippen LogP) is 4.91. The summed E-state index contributed by atoms with van der Waals surface area (Å²) in [5.74, 6) is 0.579. The maximum absolute atomic E-state index is 5.93. The third kappa shape index (κ3) is 2.28. The average Bonchev–Trinajstić information content (AvgIpc) is 2.76. The smallest absolute Gasteiger partial charge is 0.227 e. The lowest BCUT2D eigenvalue weighted by molar-refractivity contribution is 0.621. The van der Waals surface area contributed by atoms with Gasteiger partial charge < -0.3 is 10.2 Å². The van der Waals surface area contributed by atoms with Crippen molar-refractivity contribution in [2.24, 2.45) is 0 Å². The largest absolute Gasteiger partial charge is 0.434 e. The van der Waals surface area contributed by atoms with E-state index < -0.39 is 0 Å². The molecule has 0 aliphatic rings. The molecule has 3 nitrogen and oxygen atoms in total. The summed E-state index contributed by atoms with van der Waals surface area (Å²) in [7, 11) is 0. The van der Waals surface area contributed by atoms with Crippen LogP contribution in [0.2, 0.25) is 0 Å². The predicted molar refractivity (Wildman–Crippen MR) is 84.0 cm³/mol. The highest BCUT2D eigenvalue weighted by atomic mass is 79.9. The molecule has 2 N–H and O–H groups in total. The van der Waals surface area contributed by atoms with Crippen molar-refractivity contribution in [2.75, 3.05) is 5.73 Å². The minimum absolute atomic E-state index is 0.579. The van der Waals surface area contributed by atoms with Gasteiger partial charge in [-0.25, -0.2) is 4.98 Å². The number of aryl methyl sites for hydroxylation is 1. The maximum atomic E-state index is 5.93. The number of fused-ring (bicyclic) bond motifs is 1. The van der Waals surface area contributed by atoms with Gasteiger partial charge in [0.2, 0.25) is 5.89 Å². The highest BCUT2D eigenvalue weighted by molar-refractivity contribution is 9.10. The number of hydrogen-bond acceptors (Lipinski definition) is 3. The van der Waals surface area contributed by atoms with Gasteiger partial charge in [-0.2, -0.15) is 0 Å². The Kier molecular flexibility index (Phi) is 3.11. The van der Waals surface area contributed by atoms with E-state index in [2.05, 4.69) is 36.8 Å². The summed E-state index contributed by atoms with van der Waals surface area (Å²) >= 11 is 6.88. The third-order valence-electron chi connectivity index (χ3n) is 2.89. The van der Waals surface area contributed by atoms with Gasteiger partial charge in [-0.15, -0.1) is 0 Å². The Balaban J connectivity index is 2.20. The number of benzene rings is 2. The molecule has 96 valence electrons. The summed E-state index contributed by atoms with van der Waals surface area (Å²) in [4.78, 5) is 4.48. The summed E-state index contributed by atoms with van der Waals surface area (Å²) in [5.41, 5.74) is 9.96. The number of hydrogen-bond donors (Lipinski definition) is 1. The third-order valence-corrected chi connectivity index (χ3v) is 4.24. The van der Waals surface area contributed by atoms with E-state index in [0.29, 0.717) is 17.2 Å². The SMILES string of the molecule is Cc1cc(-c2nc3cc(Br)cc(N)c3o2)ccc1Br. The van der Waals surface area contributed by atoms with E-state index in [4.69, 9.17) is 10.2 Å². The average molecular weight is 382 g/mol. The number of oxazole rings is 1. The zero-order chi connectivity index (χ0) is 13.6. The van der Waals surface area contributed by atoms with Crippen molar-refractivity contribution < 1.29 is 4.42 Å². The van der Waals surface area contributed by atoms with Crippen LogP contribution in [-0.2, 0) is 0 Å². The minimum atomic E-state index is 0.579. The Bertz CT molecular complexity index is 780. The van der Waals surface area contributed by atoms with Gasteiger partial charge in [0.25, 0.3) is 0 Å². The van der Waals surface area contributed by atoms with Crippen molar-refractivity contribution in [3.8, 4) is 11.5 Å². The topological polar surface area (TPSA) is 52.0 Å². The van der Waals surface area contributed by atoms with Crippen LogP contribution in [0.25, 0.3) is 22.6 Å². The van der Waals surface area contributed by atoms with E-state index in [9.17, 15) is 0 Å². The molecular weight excluding hydrogens is 372 g/mol. The number of anilines is 1. The van der Waals surface area contributed by atoms with E-state index in [1.165, 1.54) is 0 Å². The molecule has 1 heterocycles. The van der Waals surface area contributed by atoms with Crippen molar-refractivity contribution in [1.29, 1.82) is 0 Å². The summed E-state index contributed by atoms with van der Waals surface area (Å²) in [6, 6.07) is 9.68. The fraction of sp³-hybridized carbons (Fsp3) is 0.0714. The molecule has 19 heavy (non-hydrogen) atoms. The first kappa shape index (κ1) is 12.7. The second kappa shape index (κ2) is 4.65. The number of nitrogens with zero attached hydrogens (tertiary/aromatic N) is 1. The van der Waals surface area contributed by atoms with Crippen LogP contribution in [0.3, 0.4) is 0 Å². The Morgan fingerprint density at radius 3 is 2.68 bits per heavy atom. The van der Waals surface area contributed by atoms with Gasteiger partial charge in [0, 0.05) is 14.5 Å². The van der Waals surface area contributed by atoms with Gasteiger partial charge in [0.15, 0.2) is 5.58 Å².